The Morgan fingerprint density at radius 3 is 2.76 bits per heavy atom. The molecule has 1 N–H and O–H groups in total. The highest BCUT2D eigenvalue weighted by Crippen LogP contribution is 2.27. The maximum Gasteiger partial charge on any atom is 0.308 e. The fraction of sp³-hybridized carbons (Fsp3) is 0.467. The second-order valence-electron chi connectivity index (χ2n) is 5.30. The Bertz CT molecular complexity index is 561. The van der Waals surface area contributed by atoms with Gasteiger partial charge in [0.2, 0.25) is 0 Å². The molecule has 1 saturated heterocycles. The average Bonchev–Trinajstić information content (AvgIpc) is 2.90. The molecule has 1 fully saturated rings. The number of aryl methyl sites for hydroxylation is 1. The van der Waals surface area contributed by atoms with Gasteiger partial charge in [0.15, 0.2) is 6.10 Å². The maximum absolute atomic E-state index is 12.3. The predicted molar refractivity (Wildman–Crippen MR) is 81.3 cm³/mol. The van der Waals surface area contributed by atoms with Gasteiger partial charge in [0.1, 0.15) is 5.75 Å². The first-order valence-corrected chi connectivity index (χ1v) is 7.62. The van der Waals surface area contributed by atoms with E-state index in [2.05, 4.69) is 15.9 Å². The Kier molecular flexibility index (Phi) is 4.88. The van der Waals surface area contributed by atoms with E-state index in [1.807, 2.05) is 25.1 Å². The molecular formula is C15H18BrNO4. The number of ether oxygens (including phenoxy) is 1. The van der Waals surface area contributed by atoms with Crippen LogP contribution in [0.25, 0.3) is 0 Å². The summed E-state index contributed by atoms with van der Waals surface area (Å²) >= 11 is 3.41. The molecule has 2 atom stereocenters. The second kappa shape index (κ2) is 6.47. The van der Waals surface area contributed by atoms with Crippen molar-refractivity contribution in [3.63, 3.8) is 0 Å². The van der Waals surface area contributed by atoms with E-state index in [1.165, 1.54) is 0 Å². The number of rotatable bonds is 4. The molecule has 5 nitrogen and oxygen atoms in total. The topological polar surface area (TPSA) is 66.8 Å². The molecule has 0 bridgehead atoms. The number of carbonyl (C=O) groups is 2. The summed E-state index contributed by atoms with van der Waals surface area (Å²) in [5, 5.41) is 8.97. The maximum atomic E-state index is 12.3. The van der Waals surface area contributed by atoms with E-state index in [9.17, 15) is 9.59 Å². The third kappa shape index (κ3) is 3.75. The van der Waals surface area contributed by atoms with Crippen molar-refractivity contribution in [2.45, 2.75) is 26.4 Å². The largest absolute Gasteiger partial charge is 0.481 e. The summed E-state index contributed by atoms with van der Waals surface area (Å²) in [6.45, 7) is 4.39. The summed E-state index contributed by atoms with van der Waals surface area (Å²) in [5.74, 6) is -0.880. The van der Waals surface area contributed by atoms with E-state index in [-0.39, 0.29) is 12.5 Å². The van der Waals surface area contributed by atoms with Crippen LogP contribution in [0.1, 0.15) is 18.9 Å². The number of carboxylic acids is 1. The Hall–Kier alpha value is -1.56. The molecule has 21 heavy (non-hydrogen) atoms. The van der Waals surface area contributed by atoms with E-state index in [4.69, 9.17) is 9.84 Å². The third-order valence-electron chi connectivity index (χ3n) is 3.59. The third-order valence-corrected chi connectivity index (χ3v) is 4.21. The Labute approximate surface area is 132 Å². The molecule has 2 rings (SSSR count). The van der Waals surface area contributed by atoms with Crippen LogP contribution in [-0.4, -0.2) is 41.1 Å². The van der Waals surface area contributed by atoms with Gasteiger partial charge in [-0.3, -0.25) is 9.59 Å². The number of aliphatic carboxylic acids is 1. The van der Waals surface area contributed by atoms with Gasteiger partial charge < -0.3 is 14.7 Å². The smallest absolute Gasteiger partial charge is 0.308 e. The molecule has 0 aliphatic carbocycles. The number of halogens is 1. The van der Waals surface area contributed by atoms with Crippen LogP contribution in [-0.2, 0) is 9.59 Å². The lowest BCUT2D eigenvalue weighted by atomic mass is 10.1. The van der Waals surface area contributed by atoms with Gasteiger partial charge in [0, 0.05) is 13.1 Å². The van der Waals surface area contributed by atoms with E-state index >= 15 is 0 Å². The van der Waals surface area contributed by atoms with Crippen molar-refractivity contribution in [2.24, 2.45) is 5.92 Å². The van der Waals surface area contributed by atoms with Crippen LogP contribution < -0.4 is 4.74 Å². The molecule has 0 unspecified atom stereocenters. The van der Waals surface area contributed by atoms with Crippen LogP contribution in [0.15, 0.2) is 22.7 Å². The van der Waals surface area contributed by atoms with Crippen molar-refractivity contribution in [3.8, 4) is 5.75 Å². The summed E-state index contributed by atoms with van der Waals surface area (Å²) in [6, 6.07) is 5.64. The number of hydrogen-bond acceptors (Lipinski definition) is 3. The Morgan fingerprint density at radius 1 is 1.48 bits per heavy atom. The number of carbonyl (C=O) groups excluding carboxylic acids is 1. The average molecular weight is 356 g/mol. The highest BCUT2D eigenvalue weighted by atomic mass is 79.9. The number of amides is 1. The van der Waals surface area contributed by atoms with E-state index < -0.39 is 18.0 Å². The Morgan fingerprint density at radius 2 is 2.19 bits per heavy atom. The minimum Gasteiger partial charge on any atom is -0.481 e. The zero-order valence-corrected chi connectivity index (χ0v) is 13.6. The van der Waals surface area contributed by atoms with Crippen molar-refractivity contribution in [1.29, 1.82) is 0 Å². The molecule has 1 heterocycles. The van der Waals surface area contributed by atoms with Crippen LogP contribution in [0.3, 0.4) is 0 Å². The fourth-order valence-electron chi connectivity index (χ4n) is 2.36. The quantitative estimate of drug-likeness (QED) is 0.900. The minimum absolute atomic E-state index is 0.175. The van der Waals surface area contributed by atoms with Gasteiger partial charge in [-0.25, -0.2) is 0 Å². The molecule has 1 aliphatic rings. The SMILES string of the molecule is Cc1ccc(O[C@@H](C)C(=O)N2CC[C@H](C(=O)O)C2)c(Br)c1. The van der Waals surface area contributed by atoms with Gasteiger partial charge in [-0.1, -0.05) is 6.07 Å². The molecular weight excluding hydrogens is 338 g/mol. The van der Waals surface area contributed by atoms with Crippen molar-refractivity contribution in [1.82, 2.24) is 4.90 Å². The second-order valence-corrected chi connectivity index (χ2v) is 6.16. The van der Waals surface area contributed by atoms with Crippen molar-refractivity contribution >= 4 is 27.8 Å². The molecule has 0 spiro atoms. The monoisotopic (exact) mass is 355 g/mol. The van der Waals surface area contributed by atoms with Crippen LogP contribution in [0.5, 0.6) is 5.75 Å². The number of hydrogen-bond donors (Lipinski definition) is 1. The van der Waals surface area contributed by atoms with Crippen LogP contribution in [0.4, 0.5) is 0 Å². The van der Waals surface area contributed by atoms with Gasteiger partial charge in [0.25, 0.3) is 5.91 Å². The van der Waals surface area contributed by atoms with Crippen LogP contribution >= 0.6 is 15.9 Å². The summed E-state index contributed by atoms with van der Waals surface area (Å²) in [4.78, 5) is 24.8. The van der Waals surface area contributed by atoms with Crippen molar-refractivity contribution in [3.05, 3.63) is 28.2 Å². The van der Waals surface area contributed by atoms with Gasteiger partial charge in [-0.05, 0) is 53.9 Å². The first-order valence-electron chi connectivity index (χ1n) is 6.83. The number of likely N-dealkylation sites (tertiary alicyclic amines) is 1. The summed E-state index contributed by atoms with van der Waals surface area (Å²) < 4.78 is 6.48. The molecule has 1 aliphatic heterocycles. The zero-order valence-electron chi connectivity index (χ0n) is 12.0. The first kappa shape index (κ1) is 15.8. The molecule has 0 aromatic heterocycles. The normalized spacial score (nSPS) is 19.4. The van der Waals surface area contributed by atoms with E-state index in [0.717, 1.165) is 10.0 Å². The van der Waals surface area contributed by atoms with E-state index in [1.54, 1.807) is 11.8 Å². The fourth-order valence-corrected chi connectivity index (χ4v) is 2.95. The molecule has 1 aromatic carbocycles. The lowest BCUT2D eigenvalue weighted by Crippen LogP contribution is -2.39. The molecule has 1 aromatic rings. The lowest BCUT2D eigenvalue weighted by Gasteiger charge is -2.22. The number of nitrogens with zero attached hydrogens (tertiary/aromatic N) is 1. The minimum atomic E-state index is -0.847. The summed E-state index contributed by atoms with van der Waals surface area (Å²) in [6.07, 6.45) is -0.140. The highest BCUT2D eigenvalue weighted by molar-refractivity contribution is 9.10. The van der Waals surface area contributed by atoms with Gasteiger partial charge in [0.05, 0.1) is 10.4 Å². The van der Waals surface area contributed by atoms with Crippen LogP contribution in [0, 0.1) is 12.8 Å². The van der Waals surface area contributed by atoms with E-state index in [0.29, 0.717) is 18.7 Å². The summed E-state index contributed by atoms with van der Waals surface area (Å²) in [5.41, 5.74) is 1.09. The van der Waals surface area contributed by atoms with Crippen LogP contribution in [0.2, 0.25) is 0 Å². The molecule has 0 saturated carbocycles. The van der Waals surface area contributed by atoms with Gasteiger partial charge >= 0.3 is 5.97 Å². The standard InChI is InChI=1S/C15H18BrNO4/c1-9-3-4-13(12(16)7-9)21-10(2)14(18)17-6-5-11(8-17)15(19)20/h3-4,7,10-11H,5-6,8H2,1-2H3,(H,19,20)/t10-,11-/m0/s1. The number of carboxylic acid groups (broad SMARTS) is 1. The summed E-state index contributed by atoms with van der Waals surface area (Å²) in [7, 11) is 0. The van der Waals surface area contributed by atoms with Gasteiger partial charge in [-0.2, -0.15) is 0 Å². The van der Waals surface area contributed by atoms with Crippen molar-refractivity contribution < 1.29 is 19.4 Å². The molecule has 1 amide bonds. The Balaban J connectivity index is 1.98. The predicted octanol–water partition coefficient (Wildman–Crippen LogP) is 2.46. The zero-order chi connectivity index (χ0) is 15.6. The number of benzene rings is 1. The van der Waals surface area contributed by atoms with Gasteiger partial charge in [-0.15, -0.1) is 0 Å². The molecule has 0 radical (unpaired) electrons. The van der Waals surface area contributed by atoms with Crippen molar-refractivity contribution in [2.75, 3.05) is 13.1 Å². The first-order chi connectivity index (χ1) is 9.88. The lowest BCUT2D eigenvalue weighted by molar-refractivity contribution is -0.142. The highest BCUT2D eigenvalue weighted by Gasteiger charge is 2.33. The molecule has 114 valence electrons. The molecule has 6 heteroatoms.